The zero-order valence-electron chi connectivity index (χ0n) is 5.44. The van der Waals surface area contributed by atoms with Gasteiger partial charge in [-0.2, -0.15) is 0 Å². The number of aliphatic hydroxyl groups excluding tert-OH is 1. The van der Waals surface area contributed by atoms with Crippen molar-refractivity contribution in [1.82, 2.24) is 0 Å². The van der Waals surface area contributed by atoms with Crippen LogP contribution in [0.2, 0.25) is 0 Å². The molecule has 0 aromatic carbocycles. The summed E-state index contributed by atoms with van der Waals surface area (Å²) in [7, 11) is 0. The van der Waals surface area contributed by atoms with Crippen molar-refractivity contribution in [3.8, 4) is 0 Å². The molecule has 0 rings (SSSR count). The van der Waals surface area contributed by atoms with Gasteiger partial charge in [0.25, 0.3) is 0 Å². The van der Waals surface area contributed by atoms with Crippen LogP contribution in [0.4, 0.5) is 0 Å². The van der Waals surface area contributed by atoms with E-state index in [1.165, 1.54) is 0 Å². The van der Waals surface area contributed by atoms with Crippen molar-refractivity contribution in [2.75, 3.05) is 0 Å². The van der Waals surface area contributed by atoms with E-state index in [1.54, 1.807) is 0 Å². The zero-order chi connectivity index (χ0) is 6.57. The molecule has 0 aliphatic rings. The Labute approximate surface area is 50.0 Å². The summed E-state index contributed by atoms with van der Waals surface area (Å²) in [5, 5.41) is 16.0. The summed E-state index contributed by atoms with van der Waals surface area (Å²) >= 11 is 0. The largest absolute Gasteiger partial charge is 0.387 e. The molecule has 0 fully saturated rings. The Kier molecular flexibility index (Phi) is 3.44. The van der Waals surface area contributed by atoms with E-state index in [0.29, 0.717) is 18.6 Å². The highest BCUT2D eigenvalue weighted by molar-refractivity contribution is 5.85. The minimum atomic E-state index is -0.500. The Morgan fingerprint density at radius 1 is 1.62 bits per heavy atom. The lowest BCUT2D eigenvalue weighted by Gasteiger charge is -2.05. The molecule has 0 radical (unpaired) electrons. The van der Waals surface area contributed by atoms with E-state index < -0.39 is 6.10 Å². The van der Waals surface area contributed by atoms with Crippen LogP contribution in [0.3, 0.4) is 0 Å². The summed E-state index contributed by atoms with van der Waals surface area (Å²) in [6.45, 7) is 3.75. The van der Waals surface area contributed by atoms with E-state index in [0.717, 1.165) is 0 Å². The molecule has 0 saturated carbocycles. The Bertz CT molecular complexity index is 80.6. The quantitative estimate of drug-likeness (QED) is 0.533. The van der Waals surface area contributed by atoms with Gasteiger partial charge in [0, 0.05) is 5.71 Å². The fraction of sp³-hybridized carbons (Fsp3) is 0.833. The molecule has 0 aliphatic carbocycles. The monoisotopic (exact) mass is 115 g/mol. The second-order valence-electron chi connectivity index (χ2n) is 1.80. The Balaban J connectivity index is 3.46. The minimum Gasteiger partial charge on any atom is -0.387 e. The van der Waals surface area contributed by atoms with Crippen LogP contribution in [0.5, 0.6) is 0 Å². The van der Waals surface area contributed by atoms with Crippen molar-refractivity contribution in [2.45, 2.75) is 32.8 Å². The molecule has 0 aliphatic heterocycles. The first-order chi connectivity index (χ1) is 3.72. The third kappa shape index (κ3) is 2.07. The summed E-state index contributed by atoms with van der Waals surface area (Å²) in [6, 6.07) is 0. The molecule has 48 valence electrons. The summed E-state index contributed by atoms with van der Waals surface area (Å²) in [4.78, 5) is 0. The van der Waals surface area contributed by atoms with E-state index in [1.807, 2.05) is 13.8 Å². The lowest BCUT2D eigenvalue weighted by atomic mass is 10.1. The molecule has 0 unspecified atom stereocenters. The molecule has 0 amide bonds. The van der Waals surface area contributed by atoms with Gasteiger partial charge in [0.05, 0.1) is 6.10 Å². The van der Waals surface area contributed by atoms with Crippen LogP contribution in [0, 0.1) is 5.41 Å². The fourth-order valence-corrected chi connectivity index (χ4v) is 0.482. The highest BCUT2D eigenvalue weighted by Gasteiger charge is 2.03. The summed E-state index contributed by atoms with van der Waals surface area (Å²) in [5.41, 5.74) is 0.438. The second kappa shape index (κ2) is 3.61. The fourth-order valence-electron chi connectivity index (χ4n) is 0.482. The summed E-state index contributed by atoms with van der Waals surface area (Å²) in [6.07, 6.45) is 0.821. The van der Waals surface area contributed by atoms with E-state index >= 15 is 0 Å². The molecule has 8 heavy (non-hydrogen) atoms. The smallest absolute Gasteiger partial charge is 0.0911 e. The molecular weight excluding hydrogens is 102 g/mol. The third-order valence-electron chi connectivity index (χ3n) is 1.17. The second-order valence-corrected chi connectivity index (χ2v) is 1.80. The van der Waals surface area contributed by atoms with Crippen LogP contribution in [-0.4, -0.2) is 16.9 Å². The van der Waals surface area contributed by atoms with Crippen LogP contribution < -0.4 is 0 Å². The third-order valence-corrected chi connectivity index (χ3v) is 1.17. The van der Waals surface area contributed by atoms with Gasteiger partial charge in [0.15, 0.2) is 0 Å². The molecule has 2 nitrogen and oxygen atoms in total. The molecule has 2 N–H and O–H groups in total. The zero-order valence-corrected chi connectivity index (χ0v) is 5.44. The van der Waals surface area contributed by atoms with Crippen LogP contribution in [0.25, 0.3) is 0 Å². The van der Waals surface area contributed by atoms with Crippen LogP contribution in [-0.2, 0) is 0 Å². The van der Waals surface area contributed by atoms with Gasteiger partial charge in [0.2, 0.25) is 0 Å². The highest BCUT2D eigenvalue weighted by Crippen LogP contribution is 1.94. The predicted octanol–water partition coefficient (Wildman–Crippen LogP) is 1.19. The number of aliphatic hydroxyl groups is 1. The van der Waals surface area contributed by atoms with E-state index in [4.69, 9.17) is 10.5 Å². The summed E-state index contributed by atoms with van der Waals surface area (Å²) in [5.74, 6) is 0. The lowest BCUT2D eigenvalue weighted by Crippen LogP contribution is -2.16. The van der Waals surface area contributed by atoms with Gasteiger partial charge in [-0.3, -0.25) is 0 Å². The SMILES string of the molecule is CCC(=N)[C@H](O)CC. The Hall–Kier alpha value is -0.370. The van der Waals surface area contributed by atoms with Gasteiger partial charge in [-0.25, -0.2) is 0 Å². The van der Waals surface area contributed by atoms with Crippen molar-refractivity contribution >= 4 is 5.71 Å². The molecule has 0 aromatic rings. The van der Waals surface area contributed by atoms with Gasteiger partial charge in [-0.1, -0.05) is 13.8 Å². The van der Waals surface area contributed by atoms with Crippen LogP contribution in [0.15, 0.2) is 0 Å². The van der Waals surface area contributed by atoms with E-state index in [2.05, 4.69) is 0 Å². The molecule has 0 saturated heterocycles. The molecule has 2 heteroatoms. The van der Waals surface area contributed by atoms with Crippen LogP contribution >= 0.6 is 0 Å². The van der Waals surface area contributed by atoms with Crippen molar-refractivity contribution < 1.29 is 5.11 Å². The van der Waals surface area contributed by atoms with Crippen molar-refractivity contribution in [2.24, 2.45) is 0 Å². The van der Waals surface area contributed by atoms with Crippen molar-refractivity contribution in [3.63, 3.8) is 0 Å². The number of nitrogens with one attached hydrogen (secondary N) is 1. The standard InChI is InChI=1S/C6H13NO/c1-3-5(7)6(8)4-2/h6-8H,3-4H2,1-2H3/t6-/m1/s1. The minimum absolute atomic E-state index is 0.438. The number of hydrogen-bond donors (Lipinski definition) is 2. The summed E-state index contributed by atoms with van der Waals surface area (Å²) < 4.78 is 0. The maximum atomic E-state index is 8.90. The van der Waals surface area contributed by atoms with Gasteiger partial charge < -0.3 is 10.5 Å². The van der Waals surface area contributed by atoms with E-state index in [9.17, 15) is 0 Å². The maximum absolute atomic E-state index is 8.90. The molecular formula is C6H13NO. The van der Waals surface area contributed by atoms with Crippen molar-refractivity contribution in [3.05, 3.63) is 0 Å². The first-order valence-electron chi connectivity index (χ1n) is 2.97. The lowest BCUT2D eigenvalue weighted by molar-refractivity contribution is 0.234. The van der Waals surface area contributed by atoms with Gasteiger partial charge in [0.1, 0.15) is 0 Å². The van der Waals surface area contributed by atoms with E-state index in [-0.39, 0.29) is 0 Å². The molecule has 0 spiro atoms. The predicted molar refractivity (Wildman–Crippen MR) is 34.3 cm³/mol. The molecule has 0 aromatic heterocycles. The Morgan fingerprint density at radius 3 is 2.25 bits per heavy atom. The number of hydrogen-bond acceptors (Lipinski definition) is 2. The molecule has 0 bridgehead atoms. The van der Waals surface area contributed by atoms with Crippen molar-refractivity contribution in [1.29, 1.82) is 5.41 Å². The average molecular weight is 115 g/mol. The average Bonchev–Trinajstić information content (AvgIpc) is 1.84. The van der Waals surface area contributed by atoms with Crippen LogP contribution in [0.1, 0.15) is 26.7 Å². The maximum Gasteiger partial charge on any atom is 0.0911 e. The molecule has 0 heterocycles. The van der Waals surface area contributed by atoms with Gasteiger partial charge in [-0.15, -0.1) is 0 Å². The topological polar surface area (TPSA) is 44.1 Å². The molecule has 1 atom stereocenters. The Morgan fingerprint density at radius 2 is 2.12 bits per heavy atom. The normalized spacial score (nSPS) is 13.4. The first-order valence-corrected chi connectivity index (χ1v) is 2.97. The van der Waals surface area contributed by atoms with Gasteiger partial charge >= 0.3 is 0 Å². The number of rotatable bonds is 3. The van der Waals surface area contributed by atoms with Gasteiger partial charge in [-0.05, 0) is 12.8 Å². The highest BCUT2D eigenvalue weighted by atomic mass is 16.3. The first kappa shape index (κ1) is 7.63.